The molecule has 0 saturated heterocycles. The highest BCUT2D eigenvalue weighted by Gasteiger charge is 2.13. The molecule has 8 nitrogen and oxygen atoms in total. The van der Waals surface area contributed by atoms with E-state index in [2.05, 4.69) is 26.5 Å². The predicted octanol–water partition coefficient (Wildman–Crippen LogP) is 4.35. The van der Waals surface area contributed by atoms with E-state index in [0.717, 1.165) is 4.70 Å². The summed E-state index contributed by atoms with van der Waals surface area (Å²) in [6.45, 7) is 0. The monoisotopic (exact) mass is 463 g/mol. The summed E-state index contributed by atoms with van der Waals surface area (Å²) in [6.07, 6.45) is 1.47. The van der Waals surface area contributed by atoms with Gasteiger partial charge in [-0.3, -0.25) is 14.9 Å². The summed E-state index contributed by atoms with van der Waals surface area (Å²) in [7, 11) is 3.06. The Kier molecular flexibility index (Phi) is 5.90. The van der Waals surface area contributed by atoms with E-state index in [4.69, 9.17) is 9.47 Å². The van der Waals surface area contributed by atoms with Crippen LogP contribution in [0.15, 0.2) is 46.0 Å². The maximum atomic E-state index is 12.3. The summed E-state index contributed by atoms with van der Waals surface area (Å²) in [4.78, 5) is 23.1. The second kappa shape index (κ2) is 8.36. The first kappa shape index (κ1) is 19.8. The van der Waals surface area contributed by atoms with Crippen molar-refractivity contribution in [1.82, 2.24) is 5.43 Å². The number of carbonyl (C=O) groups is 1. The van der Waals surface area contributed by atoms with Gasteiger partial charge >= 0.3 is 0 Å². The van der Waals surface area contributed by atoms with Crippen LogP contribution in [0, 0.1) is 10.1 Å². The number of halogens is 1. The van der Waals surface area contributed by atoms with Crippen LogP contribution >= 0.6 is 27.3 Å². The number of hydrazone groups is 1. The number of nitrogens with one attached hydrogen (secondary N) is 1. The van der Waals surface area contributed by atoms with Crippen molar-refractivity contribution in [1.29, 1.82) is 0 Å². The zero-order valence-corrected chi connectivity index (χ0v) is 17.2. The van der Waals surface area contributed by atoms with Crippen molar-refractivity contribution in [3.8, 4) is 11.5 Å². The molecule has 10 heteroatoms. The topological polar surface area (TPSA) is 103 Å². The maximum absolute atomic E-state index is 12.3. The van der Waals surface area contributed by atoms with Crippen molar-refractivity contribution < 1.29 is 19.2 Å². The van der Waals surface area contributed by atoms with Crippen molar-refractivity contribution in [3.63, 3.8) is 0 Å². The lowest BCUT2D eigenvalue weighted by Gasteiger charge is -2.10. The number of amides is 1. The van der Waals surface area contributed by atoms with Gasteiger partial charge in [0.05, 0.1) is 34.7 Å². The molecule has 1 heterocycles. The van der Waals surface area contributed by atoms with Gasteiger partial charge in [-0.05, 0) is 45.8 Å². The number of fused-ring (bicyclic) bond motifs is 1. The number of benzene rings is 2. The van der Waals surface area contributed by atoms with E-state index in [-0.39, 0.29) is 5.69 Å². The number of non-ortho nitro benzene ring substituents is 1. The quantitative estimate of drug-likeness (QED) is 0.332. The number of hydrogen-bond donors (Lipinski definition) is 1. The smallest absolute Gasteiger partial charge is 0.281 e. The minimum Gasteiger partial charge on any atom is -0.493 e. The molecule has 0 aliphatic heterocycles. The molecule has 0 spiro atoms. The SMILES string of the molecule is COc1cc(C=NNC(=O)c2cc3cc([N+](=O)[O-])ccc3s2)cc(Br)c1OC. The minimum atomic E-state index is -0.470. The third kappa shape index (κ3) is 4.12. The van der Waals surface area contributed by atoms with Gasteiger partial charge in [0, 0.05) is 22.2 Å². The van der Waals surface area contributed by atoms with Crippen molar-refractivity contribution in [2.24, 2.45) is 5.10 Å². The fourth-order valence-electron chi connectivity index (χ4n) is 2.49. The lowest BCUT2D eigenvalue weighted by Crippen LogP contribution is -2.16. The standard InChI is InChI=1S/C18H14BrN3O5S/c1-26-14-6-10(5-13(19)17(14)27-2)9-20-21-18(23)16-8-11-7-12(22(24)25)3-4-15(11)28-16/h3-9H,1-2H3,(H,21,23). The summed E-state index contributed by atoms with van der Waals surface area (Å²) in [6, 6.07) is 9.57. The average Bonchev–Trinajstić information content (AvgIpc) is 3.10. The van der Waals surface area contributed by atoms with E-state index in [1.54, 1.807) is 24.3 Å². The first-order chi connectivity index (χ1) is 13.4. The Morgan fingerprint density at radius 1 is 1.25 bits per heavy atom. The minimum absolute atomic E-state index is 0.0192. The molecule has 3 rings (SSSR count). The highest BCUT2D eigenvalue weighted by Crippen LogP contribution is 2.35. The highest BCUT2D eigenvalue weighted by molar-refractivity contribution is 9.10. The Morgan fingerprint density at radius 2 is 2.04 bits per heavy atom. The number of nitro groups is 1. The number of thiophene rings is 1. The molecule has 0 fully saturated rings. The van der Waals surface area contributed by atoms with Crippen LogP contribution in [0.25, 0.3) is 10.1 Å². The molecule has 0 aliphatic rings. The Bertz CT molecular complexity index is 1100. The molecular formula is C18H14BrN3O5S. The second-order valence-electron chi connectivity index (χ2n) is 5.53. The lowest BCUT2D eigenvalue weighted by molar-refractivity contribution is -0.384. The highest BCUT2D eigenvalue weighted by atomic mass is 79.9. The zero-order chi connectivity index (χ0) is 20.3. The summed E-state index contributed by atoms with van der Waals surface area (Å²) in [5.41, 5.74) is 3.12. The predicted molar refractivity (Wildman–Crippen MR) is 111 cm³/mol. The number of rotatable bonds is 6. The van der Waals surface area contributed by atoms with Gasteiger partial charge in [-0.15, -0.1) is 11.3 Å². The average molecular weight is 464 g/mol. The van der Waals surface area contributed by atoms with E-state index in [1.165, 1.54) is 43.9 Å². The number of methoxy groups -OCH3 is 2. The first-order valence-corrected chi connectivity index (χ1v) is 9.46. The Morgan fingerprint density at radius 3 is 2.71 bits per heavy atom. The van der Waals surface area contributed by atoms with Crippen LogP contribution in [0.4, 0.5) is 5.69 Å². The molecule has 0 unspecified atom stereocenters. The summed E-state index contributed by atoms with van der Waals surface area (Å²) >= 11 is 4.62. The number of nitro benzene ring substituents is 1. The molecule has 0 aliphatic carbocycles. The molecule has 28 heavy (non-hydrogen) atoms. The molecule has 0 atom stereocenters. The number of ether oxygens (including phenoxy) is 2. The largest absolute Gasteiger partial charge is 0.493 e. The molecule has 144 valence electrons. The van der Waals surface area contributed by atoms with Crippen molar-refractivity contribution >= 4 is 55.2 Å². The van der Waals surface area contributed by atoms with Crippen LogP contribution in [0.5, 0.6) is 11.5 Å². The fraction of sp³-hybridized carbons (Fsp3) is 0.111. The second-order valence-corrected chi connectivity index (χ2v) is 7.47. The Balaban J connectivity index is 1.76. The van der Waals surface area contributed by atoms with E-state index in [1.807, 2.05) is 0 Å². The number of hydrogen-bond acceptors (Lipinski definition) is 7. The molecule has 0 saturated carbocycles. The Labute approximate surface area is 172 Å². The summed E-state index contributed by atoms with van der Waals surface area (Å²) < 4.78 is 12.0. The van der Waals surface area contributed by atoms with Crippen LogP contribution in [0.3, 0.4) is 0 Å². The van der Waals surface area contributed by atoms with Gasteiger partial charge in [-0.1, -0.05) is 0 Å². The van der Waals surface area contributed by atoms with E-state index in [9.17, 15) is 14.9 Å². The van der Waals surface area contributed by atoms with Gasteiger partial charge < -0.3 is 9.47 Å². The Hall–Kier alpha value is -2.98. The number of nitrogens with zero attached hydrogens (tertiary/aromatic N) is 2. The van der Waals surface area contributed by atoms with Gasteiger partial charge in [0.15, 0.2) is 11.5 Å². The normalized spacial score (nSPS) is 11.0. The molecule has 1 aromatic heterocycles. The molecular weight excluding hydrogens is 450 g/mol. The third-order valence-corrected chi connectivity index (χ3v) is 5.47. The van der Waals surface area contributed by atoms with Crippen LogP contribution < -0.4 is 14.9 Å². The van der Waals surface area contributed by atoms with Gasteiger partial charge in [0.25, 0.3) is 11.6 Å². The van der Waals surface area contributed by atoms with Gasteiger partial charge in [0.1, 0.15) is 0 Å². The first-order valence-electron chi connectivity index (χ1n) is 7.86. The van der Waals surface area contributed by atoms with Gasteiger partial charge in [0.2, 0.25) is 0 Å². The molecule has 1 N–H and O–H groups in total. The molecule has 0 radical (unpaired) electrons. The zero-order valence-electron chi connectivity index (χ0n) is 14.8. The van der Waals surface area contributed by atoms with E-state index in [0.29, 0.717) is 31.8 Å². The van der Waals surface area contributed by atoms with Crippen LogP contribution in [0.2, 0.25) is 0 Å². The van der Waals surface area contributed by atoms with Gasteiger partial charge in [-0.25, -0.2) is 5.43 Å². The third-order valence-electron chi connectivity index (χ3n) is 3.77. The van der Waals surface area contributed by atoms with Crippen molar-refractivity contribution in [2.45, 2.75) is 0 Å². The fourth-order valence-corrected chi connectivity index (χ4v) is 4.04. The molecule has 3 aromatic rings. The maximum Gasteiger partial charge on any atom is 0.281 e. The van der Waals surface area contributed by atoms with Crippen LogP contribution in [0.1, 0.15) is 15.2 Å². The molecule has 1 amide bonds. The van der Waals surface area contributed by atoms with Crippen LogP contribution in [-0.2, 0) is 0 Å². The number of carbonyl (C=O) groups excluding carboxylic acids is 1. The van der Waals surface area contributed by atoms with Crippen molar-refractivity contribution in [3.05, 3.63) is 61.4 Å². The van der Waals surface area contributed by atoms with E-state index >= 15 is 0 Å². The van der Waals surface area contributed by atoms with Crippen molar-refractivity contribution in [2.75, 3.05) is 14.2 Å². The summed E-state index contributed by atoms with van der Waals surface area (Å²) in [5.74, 6) is 0.679. The summed E-state index contributed by atoms with van der Waals surface area (Å²) in [5, 5.41) is 15.5. The van der Waals surface area contributed by atoms with Crippen LogP contribution in [-0.4, -0.2) is 31.3 Å². The van der Waals surface area contributed by atoms with E-state index < -0.39 is 10.8 Å². The lowest BCUT2D eigenvalue weighted by atomic mass is 10.2. The molecule has 0 bridgehead atoms. The van der Waals surface area contributed by atoms with Gasteiger partial charge in [-0.2, -0.15) is 5.10 Å². The molecule has 2 aromatic carbocycles.